The summed E-state index contributed by atoms with van der Waals surface area (Å²) >= 11 is 0. The summed E-state index contributed by atoms with van der Waals surface area (Å²) in [5.41, 5.74) is 7.49. The zero-order valence-electron chi connectivity index (χ0n) is 13.6. The Balaban J connectivity index is 0.00000264. The summed E-state index contributed by atoms with van der Waals surface area (Å²) in [6, 6.07) is 8.28. The fraction of sp³-hybridized carbons (Fsp3) is 0.500. The van der Waals surface area contributed by atoms with Gasteiger partial charge in [-0.15, -0.1) is 24.8 Å². The summed E-state index contributed by atoms with van der Waals surface area (Å²) in [5.74, 6) is -0.552. The van der Waals surface area contributed by atoms with E-state index in [1.165, 1.54) is 31.5 Å². The predicted molar refractivity (Wildman–Crippen MR) is 99.4 cm³/mol. The van der Waals surface area contributed by atoms with E-state index in [2.05, 4.69) is 27.7 Å². The van der Waals surface area contributed by atoms with E-state index in [0.717, 1.165) is 12.1 Å². The van der Waals surface area contributed by atoms with E-state index in [-0.39, 0.29) is 49.7 Å². The van der Waals surface area contributed by atoms with Crippen molar-refractivity contribution in [2.24, 2.45) is 5.73 Å². The molecule has 0 unspecified atom stereocenters. The van der Waals surface area contributed by atoms with Crippen LogP contribution in [0.2, 0.25) is 0 Å². The van der Waals surface area contributed by atoms with Crippen LogP contribution in [0.25, 0.3) is 0 Å². The first-order chi connectivity index (χ1) is 10.7. The van der Waals surface area contributed by atoms with Crippen LogP contribution >= 0.6 is 24.8 Å². The van der Waals surface area contributed by atoms with E-state index in [9.17, 15) is 9.59 Å². The molecule has 1 heterocycles. The Morgan fingerprint density at radius 3 is 2.12 bits per heavy atom. The van der Waals surface area contributed by atoms with Crippen LogP contribution in [0.15, 0.2) is 24.3 Å². The second-order valence-electron chi connectivity index (χ2n) is 5.56. The first-order valence-electron chi connectivity index (χ1n) is 7.71. The molecule has 6 nitrogen and oxygen atoms in total. The average molecular weight is 377 g/mol. The lowest BCUT2D eigenvalue weighted by Crippen LogP contribution is -2.39. The van der Waals surface area contributed by atoms with Crippen LogP contribution in [0.5, 0.6) is 0 Å². The van der Waals surface area contributed by atoms with Crippen molar-refractivity contribution in [2.45, 2.75) is 25.9 Å². The highest BCUT2D eigenvalue weighted by Gasteiger charge is 2.11. The molecule has 0 aromatic heterocycles. The van der Waals surface area contributed by atoms with Crippen LogP contribution < -0.4 is 16.4 Å². The highest BCUT2D eigenvalue weighted by atomic mass is 35.5. The van der Waals surface area contributed by atoms with Crippen LogP contribution in [0, 0.1) is 0 Å². The quantitative estimate of drug-likeness (QED) is 0.657. The number of nitrogens with one attached hydrogen (secondary N) is 2. The number of nitrogens with two attached hydrogens (primary N) is 1. The summed E-state index contributed by atoms with van der Waals surface area (Å²) in [6.45, 7) is 3.69. The first kappa shape index (κ1) is 22.7. The molecule has 0 atom stereocenters. The number of rotatable bonds is 7. The summed E-state index contributed by atoms with van der Waals surface area (Å²) in [6.07, 6.45) is 2.59. The Morgan fingerprint density at radius 1 is 0.958 bits per heavy atom. The molecule has 1 saturated heterocycles. The van der Waals surface area contributed by atoms with Gasteiger partial charge in [0.25, 0.3) is 0 Å². The van der Waals surface area contributed by atoms with E-state index < -0.39 is 0 Å². The zero-order valence-corrected chi connectivity index (χ0v) is 15.3. The van der Waals surface area contributed by atoms with Gasteiger partial charge in [0, 0.05) is 13.1 Å². The van der Waals surface area contributed by atoms with Gasteiger partial charge in [0.1, 0.15) is 0 Å². The molecule has 8 heteroatoms. The van der Waals surface area contributed by atoms with Crippen LogP contribution in [-0.4, -0.2) is 42.9 Å². The van der Waals surface area contributed by atoms with Crippen molar-refractivity contribution in [3.05, 3.63) is 35.4 Å². The van der Waals surface area contributed by atoms with E-state index in [1.54, 1.807) is 0 Å². The molecule has 1 aliphatic rings. The number of carbonyl (C=O) groups excluding carboxylic acids is 2. The number of benzene rings is 1. The normalized spacial score (nSPS) is 13.5. The van der Waals surface area contributed by atoms with Crippen molar-refractivity contribution < 1.29 is 9.59 Å². The van der Waals surface area contributed by atoms with Gasteiger partial charge in [-0.25, -0.2) is 0 Å². The van der Waals surface area contributed by atoms with Gasteiger partial charge >= 0.3 is 0 Å². The van der Waals surface area contributed by atoms with E-state index in [0.29, 0.717) is 6.54 Å². The lowest BCUT2D eigenvalue weighted by molar-refractivity contribution is -0.125. The molecule has 24 heavy (non-hydrogen) atoms. The van der Waals surface area contributed by atoms with Crippen molar-refractivity contribution in [2.75, 3.05) is 26.2 Å². The molecular formula is C16H26Cl2N4O2. The molecule has 0 saturated carbocycles. The predicted octanol–water partition coefficient (Wildman–Crippen LogP) is 0.817. The molecule has 136 valence electrons. The maximum absolute atomic E-state index is 11.6. The van der Waals surface area contributed by atoms with Crippen LogP contribution in [-0.2, 0) is 22.7 Å². The van der Waals surface area contributed by atoms with E-state index in [1.807, 2.05) is 12.1 Å². The van der Waals surface area contributed by atoms with Gasteiger partial charge in [0.05, 0.1) is 13.1 Å². The van der Waals surface area contributed by atoms with Crippen molar-refractivity contribution in [3.63, 3.8) is 0 Å². The molecule has 0 bridgehead atoms. The van der Waals surface area contributed by atoms with E-state index >= 15 is 0 Å². The second kappa shape index (κ2) is 12.1. The number of amides is 2. The van der Waals surface area contributed by atoms with Gasteiger partial charge in [-0.05, 0) is 37.1 Å². The number of likely N-dealkylation sites (tertiary alicyclic amines) is 1. The monoisotopic (exact) mass is 376 g/mol. The van der Waals surface area contributed by atoms with Gasteiger partial charge < -0.3 is 16.4 Å². The number of carbonyl (C=O) groups is 2. The van der Waals surface area contributed by atoms with Gasteiger partial charge in [-0.2, -0.15) is 0 Å². The Kier molecular flexibility index (Phi) is 11.4. The highest BCUT2D eigenvalue weighted by Crippen LogP contribution is 2.13. The van der Waals surface area contributed by atoms with Crippen LogP contribution in [0.4, 0.5) is 0 Å². The molecule has 1 aliphatic heterocycles. The maximum Gasteiger partial charge on any atom is 0.239 e. The zero-order chi connectivity index (χ0) is 15.8. The highest BCUT2D eigenvalue weighted by molar-refractivity contribution is 5.86. The van der Waals surface area contributed by atoms with Gasteiger partial charge in [0.15, 0.2) is 0 Å². The number of hydrogen-bond donors (Lipinski definition) is 3. The summed E-state index contributed by atoms with van der Waals surface area (Å²) in [4.78, 5) is 25.0. The number of nitrogens with zero attached hydrogens (tertiary/aromatic N) is 1. The van der Waals surface area contributed by atoms with E-state index in [4.69, 9.17) is 5.73 Å². The molecule has 0 aliphatic carbocycles. The van der Waals surface area contributed by atoms with Gasteiger partial charge in [-0.3, -0.25) is 14.5 Å². The summed E-state index contributed by atoms with van der Waals surface area (Å²) in [5, 5.41) is 5.20. The molecule has 0 radical (unpaired) electrons. The first-order valence-corrected chi connectivity index (χ1v) is 7.71. The van der Waals surface area contributed by atoms with Crippen molar-refractivity contribution in [1.82, 2.24) is 15.5 Å². The van der Waals surface area contributed by atoms with Crippen molar-refractivity contribution in [1.29, 1.82) is 0 Å². The fourth-order valence-electron chi connectivity index (χ4n) is 2.48. The van der Waals surface area contributed by atoms with Crippen molar-refractivity contribution >= 4 is 36.6 Å². The standard InChI is InChI=1S/C16H24N4O2.2ClH/c17-9-15(21)19-11-16(22)18-10-13-3-5-14(6-4-13)12-20-7-1-2-8-20;;/h3-6H,1-2,7-12,17H2,(H,18,22)(H,19,21);2*1H. The topological polar surface area (TPSA) is 87.5 Å². The minimum absolute atomic E-state index is 0. The summed E-state index contributed by atoms with van der Waals surface area (Å²) in [7, 11) is 0. The SMILES string of the molecule is Cl.Cl.NCC(=O)NCC(=O)NCc1ccc(CN2CCCC2)cc1. The number of halogens is 2. The molecule has 2 rings (SSSR count). The second-order valence-corrected chi connectivity index (χ2v) is 5.56. The third-order valence-electron chi connectivity index (χ3n) is 3.75. The minimum atomic E-state index is -0.332. The smallest absolute Gasteiger partial charge is 0.239 e. The molecule has 1 fully saturated rings. The third-order valence-corrected chi connectivity index (χ3v) is 3.75. The Labute approximate surface area is 155 Å². The molecule has 2 amide bonds. The Hall–Kier alpha value is -1.34. The minimum Gasteiger partial charge on any atom is -0.350 e. The molecule has 4 N–H and O–H groups in total. The Morgan fingerprint density at radius 2 is 1.54 bits per heavy atom. The molecule has 1 aromatic rings. The molecule has 0 spiro atoms. The lowest BCUT2D eigenvalue weighted by Gasteiger charge is -2.14. The summed E-state index contributed by atoms with van der Waals surface area (Å²) < 4.78 is 0. The Bertz CT molecular complexity index is 505. The van der Waals surface area contributed by atoms with Gasteiger partial charge in [0.2, 0.25) is 11.8 Å². The van der Waals surface area contributed by atoms with Gasteiger partial charge in [-0.1, -0.05) is 24.3 Å². The number of hydrogen-bond acceptors (Lipinski definition) is 4. The largest absolute Gasteiger partial charge is 0.350 e. The van der Waals surface area contributed by atoms with Crippen LogP contribution in [0.1, 0.15) is 24.0 Å². The lowest BCUT2D eigenvalue weighted by atomic mass is 10.1. The fourth-order valence-corrected chi connectivity index (χ4v) is 2.48. The maximum atomic E-state index is 11.6. The molecular weight excluding hydrogens is 351 g/mol. The molecule has 1 aromatic carbocycles. The van der Waals surface area contributed by atoms with Crippen LogP contribution in [0.3, 0.4) is 0 Å². The van der Waals surface area contributed by atoms with Crippen molar-refractivity contribution in [3.8, 4) is 0 Å². The average Bonchev–Trinajstić information content (AvgIpc) is 3.04. The third kappa shape index (κ3) is 7.97.